The van der Waals surface area contributed by atoms with Crippen molar-refractivity contribution in [1.29, 1.82) is 0 Å². The van der Waals surface area contributed by atoms with Crippen LogP contribution in [0.3, 0.4) is 0 Å². The normalized spacial score (nSPS) is 25.2. The van der Waals surface area contributed by atoms with Gasteiger partial charge in [-0.2, -0.15) is 5.10 Å². The lowest BCUT2D eigenvalue weighted by atomic mass is 9.69. The van der Waals surface area contributed by atoms with Crippen molar-refractivity contribution in [2.75, 3.05) is 24.5 Å². The van der Waals surface area contributed by atoms with Crippen LogP contribution in [-0.4, -0.2) is 75.5 Å². The molecule has 2 saturated heterocycles. The molecule has 0 bridgehead atoms. The zero-order chi connectivity index (χ0) is 29.7. The molecule has 1 atom stereocenters. The van der Waals surface area contributed by atoms with E-state index in [0.717, 1.165) is 32.5 Å². The van der Waals surface area contributed by atoms with Gasteiger partial charge in [0.15, 0.2) is 0 Å². The van der Waals surface area contributed by atoms with Gasteiger partial charge in [0.05, 0.1) is 28.4 Å². The first-order chi connectivity index (χ1) is 19.8. The molecule has 3 aliphatic heterocycles. The highest BCUT2D eigenvalue weighted by atomic mass is 16.5. The van der Waals surface area contributed by atoms with Crippen molar-refractivity contribution >= 4 is 42.0 Å². The summed E-state index contributed by atoms with van der Waals surface area (Å²) in [7, 11) is 6.49. The van der Waals surface area contributed by atoms with Crippen molar-refractivity contribution in [1.82, 2.24) is 20.0 Å². The Labute approximate surface area is 245 Å². The van der Waals surface area contributed by atoms with Crippen molar-refractivity contribution < 1.29 is 24.6 Å². The summed E-state index contributed by atoms with van der Waals surface area (Å²) in [6.07, 6.45) is 7.58. The maximum absolute atomic E-state index is 13.6. The Kier molecular flexibility index (Phi) is 5.84. The second-order valence-corrected chi connectivity index (χ2v) is 13.2. The Morgan fingerprint density at radius 2 is 1.76 bits per heavy atom. The molecule has 1 saturated carbocycles. The summed E-state index contributed by atoms with van der Waals surface area (Å²) in [4.78, 5) is 42.0. The Morgan fingerprint density at radius 3 is 2.45 bits per heavy atom. The van der Waals surface area contributed by atoms with E-state index in [-0.39, 0.29) is 29.5 Å². The molecule has 216 valence electrons. The van der Waals surface area contributed by atoms with Crippen LogP contribution in [0.4, 0.5) is 5.69 Å². The largest absolute Gasteiger partial charge is 0.358 e. The number of carbonyl (C=O) groups excluding carboxylic acids is 3. The second kappa shape index (κ2) is 8.98. The predicted octanol–water partition coefficient (Wildman–Crippen LogP) is 2.09. The summed E-state index contributed by atoms with van der Waals surface area (Å²) in [5.74, 6) is -4.07. The van der Waals surface area contributed by atoms with Crippen molar-refractivity contribution in [3.05, 3.63) is 59.4 Å². The van der Waals surface area contributed by atoms with Gasteiger partial charge in [-0.3, -0.25) is 24.4 Å². The van der Waals surface area contributed by atoms with Crippen LogP contribution in [-0.2, 0) is 20.9 Å². The summed E-state index contributed by atoms with van der Waals surface area (Å²) in [5, 5.41) is 30.9. The van der Waals surface area contributed by atoms with Gasteiger partial charge in [-0.25, -0.2) is 0 Å². The SMILES string of the molecule is [B]C1(N2C(=O)c3cccc4c(C(O)(O)c5cnn(C6(C)CCN(CC7(C)CC7)CC6)c5)ccc2c34)CCC(=O)NC1=O. The smallest absolute Gasteiger partial charge is 0.259 e. The summed E-state index contributed by atoms with van der Waals surface area (Å²) in [5.41, 5.74) is -0.452. The number of benzene rings is 2. The summed E-state index contributed by atoms with van der Waals surface area (Å²) in [6.45, 7) is 7.58. The number of carbonyl (C=O) groups is 3. The lowest BCUT2D eigenvalue weighted by molar-refractivity contribution is -0.135. The van der Waals surface area contributed by atoms with E-state index in [0.29, 0.717) is 27.4 Å². The summed E-state index contributed by atoms with van der Waals surface area (Å²) >= 11 is 0. The van der Waals surface area contributed by atoms with E-state index in [9.17, 15) is 24.6 Å². The maximum Gasteiger partial charge on any atom is 0.259 e. The number of hydrogen-bond acceptors (Lipinski definition) is 7. The molecular formula is C31H34BN5O5. The quantitative estimate of drug-likeness (QED) is 0.237. The average molecular weight is 567 g/mol. The zero-order valence-corrected chi connectivity index (χ0v) is 23.9. The number of amides is 3. The number of aromatic nitrogens is 2. The maximum atomic E-state index is 13.6. The third-order valence-electron chi connectivity index (χ3n) is 10.0. The number of hydrogen-bond donors (Lipinski definition) is 3. The molecule has 1 aliphatic carbocycles. The molecule has 3 N–H and O–H groups in total. The van der Waals surface area contributed by atoms with E-state index in [2.05, 4.69) is 29.2 Å². The van der Waals surface area contributed by atoms with Crippen LogP contribution in [0.2, 0.25) is 0 Å². The molecule has 7 rings (SSSR count). The van der Waals surface area contributed by atoms with Gasteiger partial charge in [0, 0.05) is 48.8 Å². The number of nitrogens with one attached hydrogen (secondary N) is 1. The van der Waals surface area contributed by atoms with E-state index >= 15 is 0 Å². The van der Waals surface area contributed by atoms with Gasteiger partial charge < -0.3 is 20.0 Å². The third kappa shape index (κ3) is 4.05. The molecule has 10 nitrogen and oxygen atoms in total. The molecule has 2 radical (unpaired) electrons. The molecule has 1 aromatic heterocycles. The van der Waals surface area contributed by atoms with Crippen LogP contribution in [0.5, 0.6) is 0 Å². The molecule has 4 aliphatic rings. The molecule has 0 spiro atoms. The highest BCUT2D eigenvalue weighted by molar-refractivity contribution is 6.39. The Morgan fingerprint density at radius 1 is 1.02 bits per heavy atom. The van der Waals surface area contributed by atoms with Crippen LogP contribution in [0.1, 0.15) is 73.9 Å². The minimum atomic E-state index is -2.40. The van der Waals surface area contributed by atoms with E-state index in [4.69, 9.17) is 7.85 Å². The number of imide groups is 1. The van der Waals surface area contributed by atoms with Crippen molar-refractivity contribution in [2.24, 2.45) is 5.41 Å². The van der Waals surface area contributed by atoms with Gasteiger partial charge in [-0.1, -0.05) is 25.1 Å². The minimum Gasteiger partial charge on any atom is -0.358 e. The fourth-order valence-corrected chi connectivity index (χ4v) is 6.90. The van der Waals surface area contributed by atoms with Crippen molar-refractivity contribution in [3.8, 4) is 0 Å². The standard InChI is InChI=1S/C31H34BN5O5/c1-28(10-11-28)18-35-14-12-29(2,13-15-35)36-17-19(16-33-36)31(41,42)22-6-7-23-25-20(22)4-3-5-21(25)26(39)37(23)30(32)9-8-24(38)34-27(30)40/h3-7,16-17,41-42H,8-15,18H2,1-2H3,(H,34,38,40). The molecule has 2 aromatic carbocycles. The molecule has 4 heterocycles. The number of likely N-dealkylation sites (tertiary alicyclic amines) is 1. The van der Waals surface area contributed by atoms with E-state index in [1.54, 1.807) is 30.5 Å². The molecule has 3 amide bonds. The third-order valence-corrected chi connectivity index (χ3v) is 10.0. The van der Waals surface area contributed by atoms with Crippen molar-refractivity contribution in [2.45, 2.75) is 69.1 Å². The van der Waals surface area contributed by atoms with Crippen LogP contribution < -0.4 is 10.2 Å². The van der Waals surface area contributed by atoms with Crippen LogP contribution >= 0.6 is 0 Å². The highest BCUT2D eigenvalue weighted by Gasteiger charge is 2.50. The number of anilines is 1. The Balaban J connectivity index is 1.20. The second-order valence-electron chi connectivity index (χ2n) is 13.2. The lowest BCUT2D eigenvalue weighted by Gasteiger charge is -2.40. The number of nitrogens with zero attached hydrogens (tertiary/aromatic N) is 4. The van der Waals surface area contributed by atoms with Gasteiger partial charge in [0.2, 0.25) is 17.6 Å². The predicted molar refractivity (Wildman–Crippen MR) is 156 cm³/mol. The van der Waals surface area contributed by atoms with E-state index < -0.39 is 28.9 Å². The van der Waals surface area contributed by atoms with E-state index in [1.807, 2.05) is 4.68 Å². The number of rotatable bonds is 6. The fraction of sp³-hybridized carbons (Fsp3) is 0.484. The lowest BCUT2D eigenvalue weighted by Crippen LogP contribution is -2.64. The van der Waals surface area contributed by atoms with Crippen LogP contribution in [0.25, 0.3) is 10.8 Å². The van der Waals surface area contributed by atoms with E-state index in [1.165, 1.54) is 30.0 Å². The van der Waals surface area contributed by atoms with Crippen molar-refractivity contribution in [3.63, 3.8) is 0 Å². The summed E-state index contributed by atoms with van der Waals surface area (Å²) in [6, 6.07) is 8.12. The molecule has 3 aromatic rings. The zero-order valence-electron chi connectivity index (χ0n) is 23.9. The fourth-order valence-electron chi connectivity index (χ4n) is 6.90. The topological polar surface area (TPSA) is 128 Å². The molecule has 3 fully saturated rings. The average Bonchev–Trinajstić information content (AvgIpc) is 3.33. The Bertz CT molecular complexity index is 1650. The first kappa shape index (κ1) is 27.3. The number of aliphatic hydroxyl groups is 2. The summed E-state index contributed by atoms with van der Waals surface area (Å²) < 4.78 is 1.85. The van der Waals surface area contributed by atoms with Gasteiger partial charge in [-0.15, -0.1) is 0 Å². The highest BCUT2D eigenvalue weighted by Crippen LogP contribution is 2.47. The van der Waals surface area contributed by atoms with Gasteiger partial charge in [0.25, 0.3) is 5.91 Å². The minimum absolute atomic E-state index is 0.000302. The number of piperidine rings is 2. The molecule has 11 heteroatoms. The first-order valence-corrected chi connectivity index (χ1v) is 14.6. The van der Waals surface area contributed by atoms with Crippen LogP contribution in [0.15, 0.2) is 42.7 Å². The van der Waals surface area contributed by atoms with Gasteiger partial charge >= 0.3 is 0 Å². The Hall–Kier alpha value is -3.54. The van der Waals surface area contributed by atoms with Gasteiger partial charge in [0.1, 0.15) is 7.85 Å². The first-order valence-electron chi connectivity index (χ1n) is 14.6. The molecule has 1 unspecified atom stereocenters. The van der Waals surface area contributed by atoms with Crippen LogP contribution in [0, 0.1) is 5.41 Å². The molecule has 42 heavy (non-hydrogen) atoms. The monoisotopic (exact) mass is 567 g/mol. The molecular weight excluding hydrogens is 533 g/mol. The van der Waals surface area contributed by atoms with Gasteiger partial charge in [-0.05, 0) is 62.0 Å².